The first-order valence-electron chi connectivity index (χ1n) is 5.03. The predicted molar refractivity (Wildman–Crippen MR) is 53.7 cm³/mol. The van der Waals surface area contributed by atoms with Gasteiger partial charge in [0.1, 0.15) is 5.82 Å². The molecule has 0 aromatic heterocycles. The Morgan fingerprint density at radius 1 is 1.43 bits per heavy atom. The zero-order valence-electron chi connectivity index (χ0n) is 8.50. The minimum atomic E-state index is -0.204. The maximum Gasteiger partial charge on any atom is 0.126 e. The summed E-state index contributed by atoms with van der Waals surface area (Å²) in [7, 11) is 0. The average Bonchev–Trinajstić information content (AvgIpc) is 2.18. The van der Waals surface area contributed by atoms with Gasteiger partial charge in [-0.25, -0.2) is 4.39 Å². The Kier molecular flexibility index (Phi) is 2.31. The first kappa shape index (κ1) is 9.66. The van der Waals surface area contributed by atoms with Crippen LogP contribution in [0.5, 0.6) is 0 Å². The molecule has 1 aliphatic rings. The maximum atomic E-state index is 13.3. The van der Waals surface area contributed by atoms with Gasteiger partial charge in [-0.15, -0.1) is 0 Å². The third-order valence-corrected chi connectivity index (χ3v) is 3.36. The summed E-state index contributed by atoms with van der Waals surface area (Å²) >= 11 is 0. The molecule has 1 fully saturated rings. The van der Waals surface area contributed by atoms with Gasteiger partial charge in [0.05, 0.1) is 6.10 Å². The number of halogens is 1. The molecule has 0 amide bonds. The molecule has 76 valence electrons. The second kappa shape index (κ2) is 3.35. The zero-order chi connectivity index (χ0) is 10.3. The Hall–Kier alpha value is -0.890. The minimum absolute atomic E-state index is 0.143. The lowest BCUT2D eigenvalue weighted by Crippen LogP contribution is -2.37. The van der Waals surface area contributed by atoms with Crippen LogP contribution in [0.25, 0.3) is 0 Å². The lowest BCUT2D eigenvalue weighted by Gasteiger charge is -2.39. The van der Waals surface area contributed by atoms with Gasteiger partial charge in [-0.05, 0) is 42.4 Å². The van der Waals surface area contributed by atoms with E-state index in [4.69, 9.17) is 0 Å². The molecular weight excluding hydrogens is 179 g/mol. The molecule has 0 heterocycles. The van der Waals surface area contributed by atoms with E-state index in [0.717, 1.165) is 12.0 Å². The normalized spacial score (nSPS) is 31.3. The monoisotopic (exact) mass is 194 g/mol. The summed E-state index contributed by atoms with van der Waals surface area (Å²) in [6.45, 7) is 3.77. The smallest absolute Gasteiger partial charge is 0.126 e. The first-order valence-corrected chi connectivity index (χ1v) is 5.03. The Morgan fingerprint density at radius 2 is 2.14 bits per heavy atom. The number of hydrogen-bond donors (Lipinski definition) is 1. The fourth-order valence-corrected chi connectivity index (χ4v) is 2.04. The van der Waals surface area contributed by atoms with Crippen molar-refractivity contribution in [3.63, 3.8) is 0 Å². The van der Waals surface area contributed by atoms with Gasteiger partial charge >= 0.3 is 0 Å². The molecule has 3 atom stereocenters. The fourth-order valence-electron chi connectivity index (χ4n) is 2.04. The average molecular weight is 194 g/mol. The number of aliphatic hydroxyl groups excluding tert-OH is 1. The van der Waals surface area contributed by atoms with Crippen molar-refractivity contribution in [2.24, 2.45) is 5.92 Å². The van der Waals surface area contributed by atoms with Crippen LogP contribution in [0.1, 0.15) is 30.4 Å². The summed E-state index contributed by atoms with van der Waals surface area (Å²) in [5, 5.41) is 9.38. The third-order valence-electron chi connectivity index (χ3n) is 3.36. The van der Waals surface area contributed by atoms with Crippen LogP contribution in [0, 0.1) is 18.7 Å². The van der Waals surface area contributed by atoms with Crippen molar-refractivity contribution in [2.45, 2.75) is 32.3 Å². The van der Waals surface area contributed by atoms with Crippen LogP contribution in [-0.4, -0.2) is 11.2 Å². The third kappa shape index (κ3) is 1.44. The molecule has 0 spiro atoms. The van der Waals surface area contributed by atoms with E-state index >= 15 is 0 Å². The summed E-state index contributed by atoms with van der Waals surface area (Å²) in [5.41, 5.74) is 1.70. The zero-order valence-corrected chi connectivity index (χ0v) is 8.50. The lowest BCUT2D eigenvalue weighted by atomic mass is 9.69. The molecule has 2 rings (SSSR count). The summed E-state index contributed by atoms with van der Waals surface area (Å²) in [4.78, 5) is 0. The lowest BCUT2D eigenvalue weighted by molar-refractivity contribution is 0.0116. The van der Waals surface area contributed by atoms with Gasteiger partial charge in [-0.2, -0.15) is 0 Å². The minimum Gasteiger partial charge on any atom is -0.393 e. The molecule has 1 saturated carbocycles. The van der Waals surface area contributed by atoms with Crippen molar-refractivity contribution in [1.82, 2.24) is 0 Å². The van der Waals surface area contributed by atoms with Crippen LogP contribution >= 0.6 is 0 Å². The van der Waals surface area contributed by atoms with Crippen molar-refractivity contribution in [3.8, 4) is 0 Å². The number of aliphatic hydroxyl groups is 1. The highest BCUT2D eigenvalue weighted by Crippen LogP contribution is 2.42. The predicted octanol–water partition coefficient (Wildman–Crippen LogP) is 2.62. The SMILES string of the molecule is Cc1ccc(C2CC(O)C2C)cc1F. The second-order valence-corrected chi connectivity index (χ2v) is 4.28. The summed E-state index contributed by atoms with van der Waals surface area (Å²) < 4.78 is 13.3. The van der Waals surface area contributed by atoms with E-state index < -0.39 is 0 Å². The van der Waals surface area contributed by atoms with Gasteiger partial charge in [0.2, 0.25) is 0 Å². The highest BCUT2D eigenvalue weighted by atomic mass is 19.1. The maximum absolute atomic E-state index is 13.3. The van der Waals surface area contributed by atoms with Crippen molar-refractivity contribution >= 4 is 0 Å². The molecule has 0 saturated heterocycles. The molecular formula is C12H15FO. The van der Waals surface area contributed by atoms with Crippen LogP contribution in [0.3, 0.4) is 0 Å². The van der Waals surface area contributed by atoms with E-state index in [1.807, 2.05) is 19.1 Å². The van der Waals surface area contributed by atoms with Gasteiger partial charge in [0, 0.05) is 0 Å². The van der Waals surface area contributed by atoms with Gasteiger partial charge in [0.25, 0.3) is 0 Å². The van der Waals surface area contributed by atoms with Gasteiger partial charge in [0.15, 0.2) is 0 Å². The largest absolute Gasteiger partial charge is 0.393 e. The van der Waals surface area contributed by atoms with E-state index in [2.05, 4.69) is 0 Å². The molecule has 1 aliphatic carbocycles. The number of aryl methyl sites for hydroxylation is 1. The summed E-state index contributed by atoms with van der Waals surface area (Å²) in [6.07, 6.45) is 0.563. The van der Waals surface area contributed by atoms with E-state index in [0.29, 0.717) is 11.5 Å². The number of rotatable bonds is 1. The van der Waals surface area contributed by atoms with Crippen molar-refractivity contribution in [3.05, 3.63) is 35.1 Å². The van der Waals surface area contributed by atoms with Crippen LogP contribution in [0.4, 0.5) is 4.39 Å². The van der Waals surface area contributed by atoms with E-state index in [1.165, 1.54) is 0 Å². The molecule has 1 aromatic rings. The molecule has 0 aliphatic heterocycles. The summed E-state index contributed by atoms with van der Waals surface area (Å²) in [5.74, 6) is 0.452. The standard InChI is InChI=1S/C12H15FO/c1-7-3-4-9(5-11(7)13)10-6-12(14)8(10)2/h3-5,8,10,12,14H,6H2,1-2H3. The molecule has 1 N–H and O–H groups in total. The van der Waals surface area contributed by atoms with Crippen LogP contribution in [0.15, 0.2) is 18.2 Å². The molecule has 14 heavy (non-hydrogen) atoms. The molecule has 0 radical (unpaired) electrons. The molecule has 0 bridgehead atoms. The molecule has 2 heteroatoms. The Balaban J connectivity index is 2.22. The van der Waals surface area contributed by atoms with Crippen molar-refractivity contribution < 1.29 is 9.50 Å². The molecule has 1 aromatic carbocycles. The van der Waals surface area contributed by atoms with Crippen LogP contribution in [0.2, 0.25) is 0 Å². The second-order valence-electron chi connectivity index (χ2n) is 4.28. The first-order chi connectivity index (χ1) is 6.59. The van der Waals surface area contributed by atoms with E-state index in [1.54, 1.807) is 13.0 Å². The number of hydrogen-bond acceptors (Lipinski definition) is 1. The Labute approximate surface area is 83.6 Å². The summed E-state index contributed by atoms with van der Waals surface area (Å²) in [6, 6.07) is 5.37. The van der Waals surface area contributed by atoms with Crippen LogP contribution in [-0.2, 0) is 0 Å². The van der Waals surface area contributed by atoms with Gasteiger partial charge in [-0.1, -0.05) is 19.1 Å². The Bertz CT molecular complexity index is 348. The Morgan fingerprint density at radius 3 is 2.64 bits per heavy atom. The molecule has 1 nitrogen and oxygen atoms in total. The molecule has 3 unspecified atom stereocenters. The van der Waals surface area contributed by atoms with Crippen molar-refractivity contribution in [1.29, 1.82) is 0 Å². The topological polar surface area (TPSA) is 20.2 Å². The van der Waals surface area contributed by atoms with Crippen LogP contribution < -0.4 is 0 Å². The van der Waals surface area contributed by atoms with Gasteiger partial charge < -0.3 is 5.11 Å². The number of benzene rings is 1. The van der Waals surface area contributed by atoms with Crippen molar-refractivity contribution in [2.75, 3.05) is 0 Å². The van der Waals surface area contributed by atoms with Gasteiger partial charge in [-0.3, -0.25) is 0 Å². The van der Waals surface area contributed by atoms with E-state index in [9.17, 15) is 9.50 Å². The highest BCUT2D eigenvalue weighted by Gasteiger charge is 2.37. The highest BCUT2D eigenvalue weighted by molar-refractivity contribution is 5.28. The fraction of sp³-hybridized carbons (Fsp3) is 0.500. The van der Waals surface area contributed by atoms with E-state index in [-0.39, 0.29) is 17.8 Å². The quantitative estimate of drug-likeness (QED) is 0.728.